The summed E-state index contributed by atoms with van der Waals surface area (Å²) in [5.74, 6) is -0.419. The van der Waals surface area contributed by atoms with E-state index in [1.165, 1.54) is 0 Å². The summed E-state index contributed by atoms with van der Waals surface area (Å²) in [6, 6.07) is 7.34. The van der Waals surface area contributed by atoms with Gasteiger partial charge in [-0.2, -0.15) is 0 Å². The maximum absolute atomic E-state index is 12.1. The van der Waals surface area contributed by atoms with Gasteiger partial charge in [-0.1, -0.05) is 31.2 Å². The second-order valence-electron chi connectivity index (χ2n) is 4.13. The van der Waals surface area contributed by atoms with E-state index in [9.17, 15) is 9.59 Å². The molecule has 0 spiro atoms. The molecule has 0 aliphatic heterocycles. The number of rotatable bonds is 3. The molecule has 1 aromatic rings. The van der Waals surface area contributed by atoms with E-state index in [-0.39, 0.29) is 11.7 Å². The summed E-state index contributed by atoms with van der Waals surface area (Å²) in [6.07, 6.45) is 0.860. The molecule has 1 N–H and O–H groups in total. The molecule has 0 aromatic heterocycles. The molecule has 88 valence electrons. The zero-order valence-corrected chi connectivity index (χ0v) is 10.0. The molecule has 17 heavy (non-hydrogen) atoms. The highest BCUT2D eigenvalue weighted by molar-refractivity contribution is 6.34. The minimum Gasteiger partial charge on any atom is -0.352 e. The number of ketones is 1. The van der Waals surface area contributed by atoms with Gasteiger partial charge in [0.1, 0.15) is 0 Å². The number of carbonyl (C=O) groups is 2. The van der Waals surface area contributed by atoms with E-state index in [4.69, 9.17) is 0 Å². The highest BCUT2D eigenvalue weighted by atomic mass is 16.2. The van der Waals surface area contributed by atoms with Gasteiger partial charge in [0.05, 0.1) is 5.57 Å². The lowest BCUT2D eigenvalue weighted by atomic mass is 10.1. The molecule has 3 nitrogen and oxygen atoms in total. The summed E-state index contributed by atoms with van der Waals surface area (Å²) >= 11 is 0. The van der Waals surface area contributed by atoms with Crippen molar-refractivity contribution < 1.29 is 9.59 Å². The van der Waals surface area contributed by atoms with E-state index in [0.717, 1.165) is 17.6 Å². The van der Waals surface area contributed by atoms with Crippen LogP contribution in [-0.4, -0.2) is 18.2 Å². The molecule has 1 amide bonds. The van der Waals surface area contributed by atoms with Gasteiger partial charge in [-0.3, -0.25) is 9.59 Å². The van der Waals surface area contributed by atoms with E-state index in [1.54, 1.807) is 6.07 Å². The van der Waals surface area contributed by atoms with Gasteiger partial charge < -0.3 is 5.32 Å². The Kier molecular flexibility index (Phi) is 3.09. The fourth-order valence-corrected chi connectivity index (χ4v) is 2.05. The third-order valence-corrected chi connectivity index (χ3v) is 2.94. The first-order chi connectivity index (χ1) is 8.16. The third-order valence-electron chi connectivity index (χ3n) is 2.94. The Morgan fingerprint density at radius 2 is 1.88 bits per heavy atom. The highest BCUT2D eigenvalue weighted by Crippen LogP contribution is 2.32. The fraction of sp³-hybridized carbons (Fsp3) is 0.286. The van der Waals surface area contributed by atoms with Crippen LogP contribution in [0.5, 0.6) is 0 Å². The first-order valence-electron chi connectivity index (χ1n) is 5.80. The van der Waals surface area contributed by atoms with Crippen molar-refractivity contribution in [3.63, 3.8) is 0 Å². The monoisotopic (exact) mass is 229 g/mol. The van der Waals surface area contributed by atoms with E-state index in [1.807, 2.05) is 32.0 Å². The predicted molar refractivity (Wildman–Crippen MR) is 66.7 cm³/mol. The lowest BCUT2D eigenvalue weighted by Crippen LogP contribution is -2.28. The molecule has 0 radical (unpaired) electrons. The SMILES string of the molecule is CCCNC(=O)C1=C(C)c2ccccc2C1=O. The zero-order chi connectivity index (χ0) is 12.4. The van der Waals surface area contributed by atoms with Gasteiger partial charge in [0.15, 0.2) is 5.78 Å². The van der Waals surface area contributed by atoms with Crippen LogP contribution >= 0.6 is 0 Å². The standard InChI is InChI=1S/C14H15NO2/c1-3-8-15-14(17)12-9(2)10-6-4-5-7-11(10)13(12)16/h4-7H,3,8H2,1-2H3,(H,15,17). The molecular formula is C14H15NO2. The lowest BCUT2D eigenvalue weighted by molar-refractivity contribution is -0.117. The Hall–Kier alpha value is -1.90. The Labute approximate surface area is 101 Å². The topological polar surface area (TPSA) is 46.2 Å². The van der Waals surface area contributed by atoms with Crippen molar-refractivity contribution in [2.24, 2.45) is 0 Å². The van der Waals surface area contributed by atoms with Gasteiger partial charge in [-0.05, 0) is 24.5 Å². The van der Waals surface area contributed by atoms with Crippen LogP contribution in [0.25, 0.3) is 5.57 Å². The summed E-state index contributed by atoms with van der Waals surface area (Å²) in [6.45, 7) is 4.40. The molecular weight excluding hydrogens is 214 g/mol. The summed E-state index contributed by atoms with van der Waals surface area (Å²) < 4.78 is 0. The second-order valence-corrected chi connectivity index (χ2v) is 4.13. The minimum atomic E-state index is -0.259. The molecule has 3 heteroatoms. The number of allylic oxidation sites excluding steroid dienone is 1. The average Bonchev–Trinajstić information content (AvgIpc) is 2.60. The Balaban J connectivity index is 2.35. The van der Waals surface area contributed by atoms with Crippen LogP contribution in [0.15, 0.2) is 29.8 Å². The number of carbonyl (C=O) groups excluding carboxylic acids is 2. The molecule has 0 saturated carbocycles. The highest BCUT2D eigenvalue weighted by Gasteiger charge is 2.30. The number of nitrogens with one attached hydrogen (secondary N) is 1. The Morgan fingerprint density at radius 1 is 1.24 bits per heavy atom. The molecule has 0 saturated heterocycles. The molecule has 2 rings (SSSR count). The first-order valence-corrected chi connectivity index (χ1v) is 5.80. The first kappa shape index (κ1) is 11.6. The molecule has 1 aliphatic carbocycles. The van der Waals surface area contributed by atoms with Crippen LogP contribution in [-0.2, 0) is 4.79 Å². The molecule has 1 aromatic carbocycles. The average molecular weight is 229 g/mol. The third kappa shape index (κ3) is 1.88. The number of amides is 1. The smallest absolute Gasteiger partial charge is 0.255 e. The maximum atomic E-state index is 12.1. The normalized spacial score (nSPS) is 13.9. The van der Waals surface area contributed by atoms with Crippen LogP contribution < -0.4 is 5.32 Å². The number of fused-ring (bicyclic) bond motifs is 1. The molecule has 1 aliphatic rings. The zero-order valence-electron chi connectivity index (χ0n) is 10.0. The number of hydrogen-bond acceptors (Lipinski definition) is 2. The molecule has 0 heterocycles. The van der Waals surface area contributed by atoms with Crippen LogP contribution in [0.1, 0.15) is 36.2 Å². The summed E-state index contributed by atoms with van der Waals surface area (Å²) in [5, 5.41) is 2.75. The van der Waals surface area contributed by atoms with Crippen molar-refractivity contribution in [1.29, 1.82) is 0 Å². The Bertz CT molecular complexity index is 515. The maximum Gasteiger partial charge on any atom is 0.255 e. The van der Waals surface area contributed by atoms with E-state index < -0.39 is 0 Å². The lowest BCUT2D eigenvalue weighted by Gasteiger charge is -2.04. The summed E-state index contributed by atoms with van der Waals surface area (Å²) in [5.41, 5.74) is 2.57. The largest absolute Gasteiger partial charge is 0.352 e. The van der Waals surface area contributed by atoms with Gasteiger partial charge in [-0.15, -0.1) is 0 Å². The second kappa shape index (κ2) is 4.53. The van der Waals surface area contributed by atoms with E-state index in [0.29, 0.717) is 17.7 Å². The van der Waals surface area contributed by atoms with Crippen molar-refractivity contribution in [3.05, 3.63) is 41.0 Å². The van der Waals surface area contributed by atoms with E-state index in [2.05, 4.69) is 5.32 Å². The predicted octanol–water partition coefficient (Wildman–Crippen LogP) is 2.18. The fourth-order valence-electron chi connectivity index (χ4n) is 2.05. The van der Waals surface area contributed by atoms with Gasteiger partial charge >= 0.3 is 0 Å². The van der Waals surface area contributed by atoms with Crippen LogP contribution in [0, 0.1) is 0 Å². The van der Waals surface area contributed by atoms with Gasteiger partial charge in [0, 0.05) is 12.1 Å². The van der Waals surface area contributed by atoms with Crippen LogP contribution in [0.2, 0.25) is 0 Å². The van der Waals surface area contributed by atoms with Crippen molar-refractivity contribution in [3.8, 4) is 0 Å². The van der Waals surface area contributed by atoms with Crippen molar-refractivity contribution in [1.82, 2.24) is 5.32 Å². The molecule has 0 bridgehead atoms. The van der Waals surface area contributed by atoms with Crippen LogP contribution in [0.3, 0.4) is 0 Å². The van der Waals surface area contributed by atoms with E-state index >= 15 is 0 Å². The van der Waals surface area contributed by atoms with Crippen molar-refractivity contribution in [2.75, 3.05) is 6.54 Å². The summed E-state index contributed by atoms with van der Waals surface area (Å²) in [4.78, 5) is 24.0. The molecule has 0 atom stereocenters. The number of hydrogen-bond donors (Lipinski definition) is 1. The quantitative estimate of drug-likeness (QED) is 0.807. The summed E-state index contributed by atoms with van der Waals surface area (Å²) in [7, 11) is 0. The van der Waals surface area contributed by atoms with Crippen molar-refractivity contribution in [2.45, 2.75) is 20.3 Å². The van der Waals surface area contributed by atoms with Crippen molar-refractivity contribution >= 4 is 17.3 Å². The van der Waals surface area contributed by atoms with Gasteiger partial charge in [0.25, 0.3) is 5.91 Å². The number of benzene rings is 1. The van der Waals surface area contributed by atoms with Gasteiger partial charge in [-0.25, -0.2) is 0 Å². The molecule has 0 fully saturated rings. The van der Waals surface area contributed by atoms with Gasteiger partial charge in [0.2, 0.25) is 0 Å². The Morgan fingerprint density at radius 3 is 2.47 bits per heavy atom. The molecule has 0 unspecified atom stereocenters. The minimum absolute atomic E-state index is 0.160. The number of Topliss-reactive ketones (excluding diaryl/α,β-unsaturated/α-hetero) is 1. The van der Waals surface area contributed by atoms with Crippen LogP contribution in [0.4, 0.5) is 0 Å².